The molecule has 0 unspecified atom stereocenters. The van der Waals surface area contributed by atoms with Gasteiger partial charge in [0.05, 0.1) is 6.10 Å². The maximum Gasteiger partial charge on any atom is 0.123 e. The summed E-state index contributed by atoms with van der Waals surface area (Å²) in [7, 11) is 0. The first kappa shape index (κ1) is 21.9. The highest BCUT2D eigenvalue weighted by Gasteiger charge is 2.17. The van der Waals surface area contributed by atoms with Crippen molar-refractivity contribution in [2.75, 3.05) is 63.9 Å². The van der Waals surface area contributed by atoms with E-state index < -0.39 is 6.10 Å². The predicted octanol–water partition coefficient (Wildman–Crippen LogP) is 1.02. The zero-order valence-corrected chi connectivity index (χ0v) is 17.6. The van der Waals surface area contributed by atoms with Gasteiger partial charge in [0.2, 0.25) is 0 Å². The predicted molar refractivity (Wildman–Crippen MR) is 115 cm³/mol. The van der Waals surface area contributed by atoms with Crippen LogP contribution in [0, 0.1) is 0 Å². The molecular formula is C21H35N3O3S. The first-order valence-electron chi connectivity index (χ1n) is 10.5. The largest absolute Gasteiger partial charge is 0.491 e. The van der Waals surface area contributed by atoms with Gasteiger partial charge in [0.15, 0.2) is 0 Å². The van der Waals surface area contributed by atoms with Gasteiger partial charge in [-0.15, -0.1) is 0 Å². The third kappa shape index (κ3) is 7.54. The Morgan fingerprint density at radius 2 is 1.86 bits per heavy atom. The highest BCUT2D eigenvalue weighted by Crippen LogP contribution is 2.18. The minimum absolute atomic E-state index is 0.114. The van der Waals surface area contributed by atoms with Gasteiger partial charge in [-0.2, -0.15) is 11.8 Å². The van der Waals surface area contributed by atoms with Gasteiger partial charge in [-0.3, -0.25) is 4.90 Å². The lowest BCUT2D eigenvalue weighted by atomic mass is 10.1. The monoisotopic (exact) mass is 409 g/mol. The van der Waals surface area contributed by atoms with Gasteiger partial charge in [0.25, 0.3) is 0 Å². The number of hydrogen-bond donors (Lipinski definition) is 3. The SMILES string of the molecule is OC1CCN(CCNCc2ccccc2OC[C@@H](O)CN2CCSCC2)CC1. The molecule has 28 heavy (non-hydrogen) atoms. The number of β-amino-alcohol motifs (C(OH)–C–C–N with tert-alkyl or cyclic N) is 1. The lowest BCUT2D eigenvalue weighted by Crippen LogP contribution is -2.40. The molecule has 6 nitrogen and oxygen atoms in total. The molecule has 0 bridgehead atoms. The van der Waals surface area contributed by atoms with Crippen LogP contribution in [0.1, 0.15) is 18.4 Å². The molecule has 2 fully saturated rings. The topological polar surface area (TPSA) is 68.2 Å². The highest BCUT2D eigenvalue weighted by atomic mass is 32.2. The fourth-order valence-electron chi connectivity index (χ4n) is 3.71. The van der Waals surface area contributed by atoms with Crippen molar-refractivity contribution in [1.29, 1.82) is 0 Å². The van der Waals surface area contributed by atoms with Gasteiger partial charge in [-0.05, 0) is 18.9 Å². The maximum absolute atomic E-state index is 10.3. The number of likely N-dealkylation sites (tertiary alicyclic amines) is 1. The van der Waals surface area contributed by atoms with E-state index in [1.165, 1.54) is 0 Å². The van der Waals surface area contributed by atoms with Gasteiger partial charge >= 0.3 is 0 Å². The Kier molecular flexibility index (Phi) is 9.37. The molecule has 2 saturated heterocycles. The Morgan fingerprint density at radius 3 is 2.64 bits per heavy atom. The van der Waals surface area contributed by atoms with E-state index in [9.17, 15) is 10.2 Å². The molecule has 2 aliphatic rings. The van der Waals surface area contributed by atoms with Crippen LogP contribution in [0.4, 0.5) is 0 Å². The van der Waals surface area contributed by atoms with E-state index in [2.05, 4.69) is 21.2 Å². The summed E-state index contributed by atoms with van der Waals surface area (Å²) < 4.78 is 5.94. The fraction of sp³-hybridized carbons (Fsp3) is 0.714. The molecule has 3 N–H and O–H groups in total. The number of rotatable bonds is 10. The molecule has 0 saturated carbocycles. The summed E-state index contributed by atoms with van der Waals surface area (Å²) in [6.45, 7) is 7.76. The highest BCUT2D eigenvalue weighted by molar-refractivity contribution is 7.99. The van der Waals surface area contributed by atoms with E-state index >= 15 is 0 Å². The Morgan fingerprint density at radius 1 is 1.11 bits per heavy atom. The third-order valence-corrected chi connectivity index (χ3v) is 6.40. The van der Waals surface area contributed by atoms with E-state index in [-0.39, 0.29) is 6.10 Å². The number of para-hydroxylation sites is 1. The standard InChI is InChI=1S/C21H35N3O3S/c25-19-5-8-23(9-6-19)10-7-22-15-18-3-1-2-4-21(18)27-17-20(26)16-24-11-13-28-14-12-24/h1-4,19-20,22,25-26H,5-17H2/t20-/m0/s1. The second-order valence-corrected chi connectivity index (χ2v) is 8.96. The lowest BCUT2D eigenvalue weighted by molar-refractivity contribution is 0.0711. The van der Waals surface area contributed by atoms with Crippen molar-refractivity contribution in [2.24, 2.45) is 0 Å². The molecule has 158 valence electrons. The molecule has 0 aromatic heterocycles. The van der Waals surface area contributed by atoms with Crippen molar-refractivity contribution in [2.45, 2.75) is 31.6 Å². The minimum atomic E-state index is -0.460. The van der Waals surface area contributed by atoms with Crippen LogP contribution in [0.2, 0.25) is 0 Å². The fourth-order valence-corrected chi connectivity index (χ4v) is 4.69. The molecule has 0 spiro atoms. The lowest BCUT2D eigenvalue weighted by Gasteiger charge is -2.29. The van der Waals surface area contributed by atoms with Crippen LogP contribution in [0.5, 0.6) is 5.75 Å². The summed E-state index contributed by atoms with van der Waals surface area (Å²) in [5.41, 5.74) is 1.12. The molecular weight excluding hydrogens is 374 g/mol. The Balaban J connectivity index is 1.36. The molecule has 1 aromatic carbocycles. The van der Waals surface area contributed by atoms with Gasteiger partial charge in [0, 0.05) is 69.4 Å². The molecule has 3 rings (SSSR count). The zero-order chi connectivity index (χ0) is 19.6. The van der Waals surface area contributed by atoms with Crippen molar-refractivity contribution in [3.63, 3.8) is 0 Å². The number of aliphatic hydroxyl groups excluding tert-OH is 2. The summed E-state index contributed by atoms with van der Waals surface area (Å²) in [4.78, 5) is 4.72. The van der Waals surface area contributed by atoms with Crippen molar-refractivity contribution in [3.8, 4) is 5.75 Å². The number of aliphatic hydroxyl groups is 2. The van der Waals surface area contributed by atoms with Crippen molar-refractivity contribution in [3.05, 3.63) is 29.8 Å². The van der Waals surface area contributed by atoms with Gasteiger partial charge in [-0.25, -0.2) is 0 Å². The first-order chi connectivity index (χ1) is 13.7. The number of hydrogen-bond acceptors (Lipinski definition) is 7. The number of nitrogens with zero attached hydrogens (tertiary/aromatic N) is 2. The van der Waals surface area contributed by atoms with E-state index in [1.807, 2.05) is 30.0 Å². The Labute approximate surface area is 173 Å². The first-order valence-corrected chi connectivity index (χ1v) is 11.7. The molecule has 1 atom stereocenters. The van der Waals surface area contributed by atoms with E-state index in [4.69, 9.17) is 4.74 Å². The number of thioether (sulfide) groups is 1. The number of ether oxygens (including phenoxy) is 1. The third-order valence-electron chi connectivity index (χ3n) is 5.45. The molecule has 2 aliphatic heterocycles. The molecule has 1 aromatic rings. The molecule has 0 aliphatic carbocycles. The van der Waals surface area contributed by atoms with E-state index in [0.29, 0.717) is 13.2 Å². The zero-order valence-electron chi connectivity index (χ0n) is 16.8. The maximum atomic E-state index is 10.3. The number of benzene rings is 1. The number of nitrogens with one attached hydrogen (secondary N) is 1. The second kappa shape index (κ2) is 12.0. The Bertz CT molecular complexity index is 564. The summed E-state index contributed by atoms with van der Waals surface area (Å²) in [5, 5.41) is 23.4. The van der Waals surface area contributed by atoms with Crippen molar-refractivity contribution < 1.29 is 14.9 Å². The van der Waals surface area contributed by atoms with Gasteiger partial charge in [-0.1, -0.05) is 18.2 Å². The van der Waals surface area contributed by atoms with E-state index in [1.54, 1.807) is 0 Å². The van der Waals surface area contributed by atoms with Crippen LogP contribution in [0.25, 0.3) is 0 Å². The summed E-state index contributed by atoms with van der Waals surface area (Å²) >= 11 is 1.98. The average Bonchev–Trinajstić information content (AvgIpc) is 2.72. The molecule has 0 radical (unpaired) electrons. The van der Waals surface area contributed by atoms with E-state index in [0.717, 1.165) is 81.5 Å². The average molecular weight is 410 g/mol. The van der Waals surface area contributed by atoms with Crippen LogP contribution in [0.3, 0.4) is 0 Å². The summed E-state index contributed by atoms with van der Waals surface area (Å²) in [6.07, 6.45) is 1.20. The summed E-state index contributed by atoms with van der Waals surface area (Å²) in [5.74, 6) is 3.16. The number of piperidine rings is 1. The van der Waals surface area contributed by atoms with Crippen LogP contribution in [-0.2, 0) is 6.54 Å². The normalized spacial score (nSPS) is 20.9. The van der Waals surface area contributed by atoms with Crippen LogP contribution < -0.4 is 10.1 Å². The van der Waals surface area contributed by atoms with Crippen molar-refractivity contribution >= 4 is 11.8 Å². The molecule has 7 heteroatoms. The van der Waals surface area contributed by atoms with Crippen LogP contribution >= 0.6 is 11.8 Å². The quantitative estimate of drug-likeness (QED) is 0.499. The molecule has 0 amide bonds. The van der Waals surface area contributed by atoms with Crippen LogP contribution in [-0.4, -0.2) is 96.1 Å². The van der Waals surface area contributed by atoms with Gasteiger partial charge < -0.3 is 25.2 Å². The van der Waals surface area contributed by atoms with Gasteiger partial charge in [0.1, 0.15) is 18.5 Å². The smallest absolute Gasteiger partial charge is 0.123 e. The van der Waals surface area contributed by atoms with Crippen LogP contribution in [0.15, 0.2) is 24.3 Å². The second-order valence-electron chi connectivity index (χ2n) is 7.74. The molecule has 2 heterocycles. The van der Waals surface area contributed by atoms with Crippen molar-refractivity contribution in [1.82, 2.24) is 15.1 Å². The summed E-state index contributed by atoms with van der Waals surface area (Å²) in [6, 6.07) is 8.06. The Hall–Kier alpha value is -0.830. The minimum Gasteiger partial charge on any atom is -0.491 e.